The van der Waals surface area contributed by atoms with Crippen LogP contribution >= 0.6 is 12.2 Å². The van der Waals surface area contributed by atoms with Gasteiger partial charge in [-0.25, -0.2) is 0 Å². The monoisotopic (exact) mass is 501 g/mol. The molecule has 2 aliphatic heterocycles. The minimum atomic E-state index is -4.09. The number of nitrogens with zero attached hydrogens (tertiary/aromatic N) is 3. The summed E-state index contributed by atoms with van der Waals surface area (Å²) in [6.07, 6.45) is 3.36. The van der Waals surface area contributed by atoms with Crippen molar-refractivity contribution in [3.05, 3.63) is 78.3 Å². The van der Waals surface area contributed by atoms with Gasteiger partial charge < -0.3 is 19.6 Å². The molecule has 178 valence electrons. The summed E-state index contributed by atoms with van der Waals surface area (Å²) in [6, 6.07) is 16.3. The molecule has 0 bridgehead atoms. The largest absolute Gasteiger partial charge is 0.439 e. The molecular weight excluding hydrogens is 478 g/mol. The van der Waals surface area contributed by atoms with Crippen molar-refractivity contribution in [1.82, 2.24) is 4.90 Å². The van der Waals surface area contributed by atoms with Crippen LogP contribution in [-0.2, 0) is 14.9 Å². The van der Waals surface area contributed by atoms with Crippen LogP contribution in [0.3, 0.4) is 0 Å². The van der Waals surface area contributed by atoms with Crippen LogP contribution in [0.1, 0.15) is 6.42 Å². The summed E-state index contributed by atoms with van der Waals surface area (Å²) < 4.78 is 37.3. The van der Waals surface area contributed by atoms with Crippen LogP contribution < -0.4 is 14.5 Å². The minimum Gasteiger partial charge on any atom is -0.439 e. The number of β-amino-alcohol motifs (C(OH)–C–C–N with tert-alkyl or cyclic N) is 1. The van der Waals surface area contributed by atoms with E-state index in [-0.39, 0.29) is 48.6 Å². The normalized spacial score (nSPS) is 18.2. The number of aliphatic hydroxyl groups excluding tert-OH is 1. The average Bonchev–Trinajstić information content (AvgIpc) is 3.27. The predicted molar refractivity (Wildman–Crippen MR) is 132 cm³/mol. The fourth-order valence-electron chi connectivity index (χ4n) is 3.79. The van der Waals surface area contributed by atoms with Crippen LogP contribution in [0.5, 0.6) is 5.75 Å². The number of aliphatic hydroxyl groups is 1. The molecule has 0 aromatic heterocycles. The van der Waals surface area contributed by atoms with E-state index in [1.807, 2.05) is 24.3 Å². The molecule has 2 aliphatic rings. The maximum Gasteiger partial charge on any atom is 0.281 e. The number of rotatable bonds is 8. The third-order valence-corrected chi connectivity index (χ3v) is 6.49. The number of amides is 1. The number of hydrogen-bond acceptors (Lipinski definition) is 7. The van der Waals surface area contributed by atoms with Crippen LogP contribution in [0.25, 0.3) is 0 Å². The van der Waals surface area contributed by atoms with Gasteiger partial charge in [0.1, 0.15) is 5.70 Å². The first-order chi connectivity index (χ1) is 16.3. The summed E-state index contributed by atoms with van der Waals surface area (Å²) in [5, 5.41) is 9.79. The summed E-state index contributed by atoms with van der Waals surface area (Å²) in [7, 11) is -4.09. The molecule has 2 N–H and O–H groups in total. The molecule has 1 fully saturated rings. The van der Waals surface area contributed by atoms with E-state index < -0.39 is 10.1 Å². The van der Waals surface area contributed by atoms with E-state index in [0.29, 0.717) is 17.3 Å². The zero-order valence-corrected chi connectivity index (χ0v) is 19.7. The maximum absolute atomic E-state index is 13.3. The second kappa shape index (κ2) is 9.94. The lowest BCUT2D eigenvalue weighted by atomic mass is 10.2. The fourth-order valence-corrected chi connectivity index (χ4v) is 4.66. The summed E-state index contributed by atoms with van der Waals surface area (Å²) in [6.45, 7) is 0.213. The maximum atomic E-state index is 13.3. The van der Waals surface area contributed by atoms with Gasteiger partial charge >= 0.3 is 0 Å². The molecule has 4 rings (SSSR count). The van der Waals surface area contributed by atoms with Crippen molar-refractivity contribution in [2.75, 3.05) is 35.2 Å². The third kappa shape index (κ3) is 4.97. The van der Waals surface area contributed by atoms with E-state index in [0.717, 1.165) is 5.69 Å². The summed E-state index contributed by atoms with van der Waals surface area (Å²) in [5.74, 6) is 0.258. The second-order valence-electron chi connectivity index (χ2n) is 7.55. The average molecular weight is 502 g/mol. The molecule has 9 nitrogen and oxygen atoms in total. The van der Waals surface area contributed by atoms with Crippen LogP contribution in [0.2, 0.25) is 0 Å². The van der Waals surface area contributed by atoms with Gasteiger partial charge in [0, 0.05) is 19.2 Å². The first kappa shape index (κ1) is 23.9. The Hall–Kier alpha value is -3.25. The van der Waals surface area contributed by atoms with Gasteiger partial charge in [-0.15, -0.1) is 0 Å². The Kier molecular flexibility index (Phi) is 6.98. The molecule has 0 saturated carbocycles. The molecule has 0 aliphatic carbocycles. The van der Waals surface area contributed by atoms with Gasteiger partial charge in [0.2, 0.25) is 5.88 Å². The highest BCUT2D eigenvalue weighted by atomic mass is 32.2. The third-order valence-electron chi connectivity index (χ3n) is 5.28. The first-order valence-corrected chi connectivity index (χ1v) is 12.6. The summed E-state index contributed by atoms with van der Waals surface area (Å²) in [4.78, 5) is 18.0. The number of carbonyl (C=O) groups excluding carboxylic acids is 1. The Balaban J connectivity index is 1.65. The Morgan fingerprint density at radius 2 is 1.68 bits per heavy atom. The molecule has 0 spiro atoms. The zero-order chi connectivity index (χ0) is 24.3. The van der Waals surface area contributed by atoms with Crippen molar-refractivity contribution in [1.29, 1.82) is 0 Å². The molecule has 2 aromatic carbocycles. The molecule has 2 aromatic rings. The van der Waals surface area contributed by atoms with E-state index in [2.05, 4.69) is 0 Å². The molecule has 1 amide bonds. The second-order valence-corrected chi connectivity index (χ2v) is 9.49. The number of hydrogen-bond donors (Lipinski definition) is 2. The number of fused-ring (bicyclic) bond motifs is 1. The van der Waals surface area contributed by atoms with Gasteiger partial charge in [0.05, 0.1) is 23.7 Å². The lowest BCUT2D eigenvalue weighted by molar-refractivity contribution is -0.114. The van der Waals surface area contributed by atoms with E-state index in [1.165, 1.54) is 4.90 Å². The molecule has 1 saturated heterocycles. The van der Waals surface area contributed by atoms with E-state index in [9.17, 15) is 18.3 Å². The Morgan fingerprint density at radius 3 is 2.38 bits per heavy atom. The van der Waals surface area contributed by atoms with Gasteiger partial charge in [0.15, 0.2) is 10.9 Å². The van der Waals surface area contributed by atoms with E-state index >= 15 is 0 Å². The highest BCUT2D eigenvalue weighted by molar-refractivity contribution is 7.85. The molecule has 34 heavy (non-hydrogen) atoms. The first-order valence-electron chi connectivity index (χ1n) is 10.5. The highest BCUT2D eigenvalue weighted by Gasteiger charge is 2.38. The number of benzene rings is 2. The summed E-state index contributed by atoms with van der Waals surface area (Å²) >= 11 is 5.52. The number of anilines is 2. The Bertz CT molecular complexity index is 1260. The minimum absolute atomic E-state index is 0.141. The molecule has 0 unspecified atom stereocenters. The number of allylic oxidation sites excluding steroid dienone is 2. The van der Waals surface area contributed by atoms with Crippen molar-refractivity contribution in [3.8, 4) is 5.75 Å². The topological polar surface area (TPSA) is 111 Å². The van der Waals surface area contributed by atoms with Crippen LogP contribution in [0.15, 0.2) is 78.3 Å². The standard InChI is InChI=1S/C23H23N3O6S2/c27-15-14-25-19(22(28)26(23(25)33)17-7-2-1-3-8-17)11-12-21-24(13-6-16-34(29,30)31)18-9-4-5-10-20(18)32-21/h1-5,7-12,27H,6,13-16H2,(H,29,30,31)/b19-11-,21-12-. The van der Waals surface area contributed by atoms with Gasteiger partial charge in [-0.1, -0.05) is 30.3 Å². The molecule has 0 atom stereocenters. The van der Waals surface area contributed by atoms with Gasteiger partial charge in [-0.05, 0) is 49.0 Å². The fraction of sp³-hybridized carbons (Fsp3) is 0.217. The van der Waals surface area contributed by atoms with Crippen molar-refractivity contribution >= 4 is 44.7 Å². The molecule has 0 radical (unpaired) electrons. The van der Waals surface area contributed by atoms with E-state index in [1.54, 1.807) is 52.3 Å². The lowest BCUT2D eigenvalue weighted by Gasteiger charge is -2.19. The van der Waals surface area contributed by atoms with Crippen molar-refractivity contribution in [2.24, 2.45) is 0 Å². The quantitative estimate of drug-likeness (QED) is 0.320. The highest BCUT2D eigenvalue weighted by Crippen LogP contribution is 2.39. The Labute approximate surface area is 202 Å². The number of ether oxygens (including phenoxy) is 1. The lowest BCUT2D eigenvalue weighted by Crippen LogP contribution is -2.33. The van der Waals surface area contributed by atoms with Gasteiger partial charge in [-0.3, -0.25) is 14.2 Å². The van der Waals surface area contributed by atoms with Gasteiger partial charge in [-0.2, -0.15) is 8.42 Å². The molecule has 11 heteroatoms. The van der Waals surface area contributed by atoms with Crippen LogP contribution in [-0.4, -0.2) is 59.4 Å². The molecular formula is C23H23N3O6S2. The smallest absolute Gasteiger partial charge is 0.281 e. The number of carbonyl (C=O) groups is 1. The zero-order valence-electron chi connectivity index (χ0n) is 18.1. The van der Waals surface area contributed by atoms with E-state index in [4.69, 9.17) is 21.5 Å². The SMILES string of the molecule is O=C1/C(=C/C=C2\Oc3ccccc3N2CCCS(=O)(=O)O)N(CCO)C(=S)N1c1ccccc1. The van der Waals surface area contributed by atoms with Gasteiger partial charge in [0.25, 0.3) is 16.0 Å². The number of para-hydroxylation sites is 3. The van der Waals surface area contributed by atoms with Crippen LogP contribution in [0, 0.1) is 0 Å². The van der Waals surface area contributed by atoms with Crippen molar-refractivity contribution in [2.45, 2.75) is 6.42 Å². The van der Waals surface area contributed by atoms with Crippen molar-refractivity contribution in [3.63, 3.8) is 0 Å². The van der Waals surface area contributed by atoms with Crippen LogP contribution in [0.4, 0.5) is 11.4 Å². The predicted octanol–water partition coefficient (Wildman–Crippen LogP) is 2.51. The Morgan fingerprint density at radius 1 is 0.971 bits per heavy atom. The summed E-state index contributed by atoms with van der Waals surface area (Å²) in [5.41, 5.74) is 1.63. The number of thiocarbonyl (C=S) groups is 1. The van der Waals surface area contributed by atoms with Crippen molar-refractivity contribution < 1.29 is 27.6 Å². The molecule has 2 heterocycles.